The number of piperidine rings is 1. The largest absolute Gasteiger partial charge is 0.411 e. The lowest BCUT2D eigenvalue weighted by Gasteiger charge is -2.41. The summed E-state index contributed by atoms with van der Waals surface area (Å²) in [5, 5.41) is 19.1. The van der Waals surface area contributed by atoms with Crippen LogP contribution in [0.25, 0.3) is 11.5 Å². The number of hydrogen-bond donors (Lipinski definition) is 0. The SMILES string of the molecule is O=C(CSc1nnc(-c2cccc([N+](=O)[O-])c2)o1)N1CC[C@@H]2CCCC[C@@H]2C1. The summed E-state index contributed by atoms with van der Waals surface area (Å²) in [6, 6.07) is 6.04. The number of carbonyl (C=O) groups excluding carboxylic acids is 1. The predicted molar refractivity (Wildman–Crippen MR) is 104 cm³/mol. The highest BCUT2D eigenvalue weighted by Crippen LogP contribution is 2.36. The fraction of sp³-hybridized carbons (Fsp3) is 0.526. The Balaban J connectivity index is 1.34. The van der Waals surface area contributed by atoms with Crippen LogP contribution in [0.4, 0.5) is 5.69 Å². The summed E-state index contributed by atoms with van der Waals surface area (Å²) >= 11 is 1.21. The van der Waals surface area contributed by atoms with Crippen LogP contribution in [0.2, 0.25) is 0 Å². The van der Waals surface area contributed by atoms with Gasteiger partial charge in [-0.25, -0.2) is 0 Å². The Hall–Kier alpha value is -2.42. The molecule has 2 heterocycles. The van der Waals surface area contributed by atoms with Crippen LogP contribution in [0, 0.1) is 22.0 Å². The van der Waals surface area contributed by atoms with Crippen molar-refractivity contribution in [3.8, 4) is 11.5 Å². The number of nitrogens with zero attached hydrogens (tertiary/aromatic N) is 4. The van der Waals surface area contributed by atoms with Crippen molar-refractivity contribution < 1.29 is 14.1 Å². The fourth-order valence-electron chi connectivity index (χ4n) is 4.18. The van der Waals surface area contributed by atoms with Crippen molar-refractivity contribution in [3.05, 3.63) is 34.4 Å². The molecule has 1 saturated carbocycles. The molecule has 4 rings (SSSR count). The normalized spacial score (nSPS) is 21.9. The highest BCUT2D eigenvalue weighted by Gasteiger charge is 2.32. The van der Waals surface area contributed by atoms with Gasteiger partial charge < -0.3 is 9.32 Å². The van der Waals surface area contributed by atoms with Crippen LogP contribution in [-0.2, 0) is 4.79 Å². The van der Waals surface area contributed by atoms with E-state index in [-0.39, 0.29) is 23.2 Å². The number of aromatic nitrogens is 2. The van der Waals surface area contributed by atoms with Gasteiger partial charge in [0, 0.05) is 30.8 Å². The number of nitro benzene ring substituents is 1. The first kappa shape index (κ1) is 18.9. The zero-order valence-corrected chi connectivity index (χ0v) is 16.3. The number of likely N-dealkylation sites (tertiary alicyclic amines) is 1. The minimum atomic E-state index is -0.469. The van der Waals surface area contributed by atoms with Gasteiger partial charge in [0.05, 0.1) is 10.7 Å². The van der Waals surface area contributed by atoms with Crippen LogP contribution in [0.15, 0.2) is 33.9 Å². The molecule has 2 aliphatic rings. The third-order valence-electron chi connectivity index (χ3n) is 5.67. The number of rotatable bonds is 5. The minimum absolute atomic E-state index is 0.0359. The quantitative estimate of drug-likeness (QED) is 0.426. The van der Waals surface area contributed by atoms with E-state index in [1.54, 1.807) is 12.1 Å². The van der Waals surface area contributed by atoms with E-state index in [0.717, 1.165) is 25.4 Å². The highest BCUT2D eigenvalue weighted by molar-refractivity contribution is 7.99. The van der Waals surface area contributed by atoms with Gasteiger partial charge in [0.15, 0.2) is 0 Å². The van der Waals surface area contributed by atoms with Gasteiger partial charge >= 0.3 is 0 Å². The van der Waals surface area contributed by atoms with Crippen molar-refractivity contribution in [2.75, 3.05) is 18.8 Å². The molecule has 1 aliphatic heterocycles. The summed E-state index contributed by atoms with van der Waals surface area (Å²) in [6.07, 6.45) is 6.26. The number of fused-ring (bicyclic) bond motifs is 1. The molecular weight excluding hydrogens is 380 g/mol. The Kier molecular flexibility index (Phi) is 5.61. The lowest BCUT2D eigenvalue weighted by atomic mass is 9.75. The summed E-state index contributed by atoms with van der Waals surface area (Å²) in [7, 11) is 0. The summed E-state index contributed by atoms with van der Waals surface area (Å²) in [4.78, 5) is 25.0. The lowest BCUT2D eigenvalue weighted by Crippen LogP contribution is -2.45. The number of hydrogen-bond acceptors (Lipinski definition) is 7. The van der Waals surface area contributed by atoms with Crippen molar-refractivity contribution in [2.24, 2.45) is 11.8 Å². The third kappa shape index (κ3) is 4.19. The molecule has 0 radical (unpaired) electrons. The Labute approximate surface area is 166 Å². The maximum atomic E-state index is 12.6. The van der Waals surface area contributed by atoms with Gasteiger partial charge in [0.1, 0.15) is 0 Å². The number of amides is 1. The first-order valence-corrected chi connectivity index (χ1v) is 10.6. The average molecular weight is 402 g/mol. The van der Waals surface area contributed by atoms with E-state index in [1.165, 1.54) is 49.6 Å². The van der Waals surface area contributed by atoms with Gasteiger partial charge in [0.2, 0.25) is 11.8 Å². The first-order valence-electron chi connectivity index (χ1n) is 9.59. The molecule has 1 saturated heterocycles. The van der Waals surface area contributed by atoms with E-state index < -0.39 is 4.92 Å². The number of thioether (sulfide) groups is 1. The fourth-order valence-corrected chi connectivity index (χ4v) is 4.85. The van der Waals surface area contributed by atoms with E-state index in [1.807, 2.05) is 4.90 Å². The maximum absolute atomic E-state index is 12.6. The molecule has 2 fully saturated rings. The smallest absolute Gasteiger partial charge is 0.277 e. The summed E-state index contributed by atoms with van der Waals surface area (Å²) < 4.78 is 5.58. The van der Waals surface area contributed by atoms with Crippen molar-refractivity contribution in [1.29, 1.82) is 0 Å². The molecule has 9 heteroatoms. The Morgan fingerprint density at radius 1 is 1.25 bits per heavy atom. The Bertz CT molecular complexity index is 871. The standard InChI is InChI=1S/C19H22N4O4S/c24-17(22-9-8-13-4-1-2-5-15(13)11-22)12-28-19-21-20-18(27-19)14-6-3-7-16(10-14)23(25)26/h3,6-7,10,13,15H,1-2,4-5,8-9,11-12H2/t13-,15+/m0/s1. The molecule has 1 aromatic carbocycles. The number of carbonyl (C=O) groups is 1. The second kappa shape index (κ2) is 8.30. The van der Waals surface area contributed by atoms with E-state index in [2.05, 4.69) is 10.2 Å². The summed E-state index contributed by atoms with van der Waals surface area (Å²) in [6.45, 7) is 1.70. The molecule has 0 unspecified atom stereocenters. The molecule has 1 aliphatic carbocycles. The molecule has 0 N–H and O–H groups in total. The molecule has 0 bridgehead atoms. The first-order chi connectivity index (χ1) is 13.6. The van der Waals surface area contributed by atoms with Crippen LogP contribution in [0.5, 0.6) is 0 Å². The van der Waals surface area contributed by atoms with Gasteiger partial charge in [-0.1, -0.05) is 37.1 Å². The Morgan fingerprint density at radius 3 is 2.89 bits per heavy atom. The van der Waals surface area contributed by atoms with Crippen LogP contribution in [0.3, 0.4) is 0 Å². The summed E-state index contributed by atoms with van der Waals surface area (Å²) in [5.74, 6) is 2.01. The van der Waals surface area contributed by atoms with Crippen molar-refractivity contribution in [1.82, 2.24) is 15.1 Å². The van der Waals surface area contributed by atoms with Crippen LogP contribution < -0.4 is 0 Å². The maximum Gasteiger partial charge on any atom is 0.277 e. The predicted octanol–water partition coefficient (Wildman–Crippen LogP) is 3.78. The second-order valence-corrected chi connectivity index (χ2v) is 8.33. The molecule has 8 nitrogen and oxygen atoms in total. The molecule has 148 valence electrons. The van der Waals surface area contributed by atoms with Crippen molar-refractivity contribution >= 4 is 23.4 Å². The zero-order chi connectivity index (χ0) is 19.5. The number of benzene rings is 1. The topological polar surface area (TPSA) is 102 Å². The van der Waals surface area contributed by atoms with Gasteiger partial charge in [0.25, 0.3) is 10.9 Å². The number of nitro groups is 1. The lowest BCUT2D eigenvalue weighted by molar-refractivity contribution is -0.384. The average Bonchev–Trinajstić information content (AvgIpc) is 3.21. The highest BCUT2D eigenvalue weighted by atomic mass is 32.2. The van der Waals surface area contributed by atoms with Crippen molar-refractivity contribution in [3.63, 3.8) is 0 Å². The van der Waals surface area contributed by atoms with Gasteiger partial charge in [-0.15, -0.1) is 10.2 Å². The van der Waals surface area contributed by atoms with E-state index in [9.17, 15) is 14.9 Å². The summed E-state index contributed by atoms with van der Waals surface area (Å²) in [5.41, 5.74) is 0.449. The van der Waals surface area contributed by atoms with Crippen LogP contribution in [0.1, 0.15) is 32.1 Å². The van der Waals surface area contributed by atoms with E-state index in [4.69, 9.17) is 4.42 Å². The van der Waals surface area contributed by atoms with Crippen LogP contribution in [-0.4, -0.2) is 44.8 Å². The van der Waals surface area contributed by atoms with Gasteiger partial charge in [-0.05, 0) is 30.7 Å². The van der Waals surface area contributed by atoms with E-state index >= 15 is 0 Å². The van der Waals surface area contributed by atoms with Gasteiger partial charge in [-0.2, -0.15) is 0 Å². The zero-order valence-electron chi connectivity index (χ0n) is 15.5. The third-order valence-corrected chi connectivity index (χ3v) is 6.48. The van der Waals surface area contributed by atoms with Crippen molar-refractivity contribution in [2.45, 2.75) is 37.3 Å². The minimum Gasteiger partial charge on any atom is -0.411 e. The monoisotopic (exact) mass is 402 g/mol. The molecule has 0 spiro atoms. The second-order valence-electron chi connectivity index (χ2n) is 7.40. The number of non-ortho nitro benzene ring substituents is 1. The Morgan fingerprint density at radius 2 is 2.07 bits per heavy atom. The van der Waals surface area contributed by atoms with Gasteiger partial charge in [-0.3, -0.25) is 14.9 Å². The molecule has 2 atom stereocenters. The molecule has 1 aromatic heterocycles. The molecule has 2 aromatic rings. The molecular formula is C19H22N4O4S. The molecule has 1 amide bonds. The van der Waals surface area contributed by atoms with E-state index in [0.29, 0.717) is 16.7 Å². The molecule has 28 heavy (non-hydrogen) atoms. The van der Waals surface area contributed by atoms with Crippen LogP contribution >= 0.6 is 11.8 Å².